The zero-order valence-corrected chi connectivity index (χ0v) is 28.9. The van der Waals surface area contributed by atoms with Gasteiger partial charge < -0.3 is 18.2 Å². The maximum atomic E-state index is 6.47. The number of aromatic nitrogens is 1. The zero-order chi connectivity index (χ0) is 35.6. The van der Waals surface area contributed by atoms with E-state index >= 15 is 0 Å². The largest absolute Gasteiger partial charge is 0.456 e. The molecule has 0 bridgehead atoms. The van der Waals surface area contributed by atoms with Crippen molar-refractivity contribution >= 4 is 72.0 Å². The Morgan fingerprint density at radius 3 is 1.85 bits per heavy atom. The first-order valence-corrected chi connectivity index (χ1v) is 18.0. The fourth-order valence-electron chi connectivity index (χ4n) is 7.75. The smallest absolute Gasteiger partial charge is 0.227 e. The van der Waals surface area contributed by atoms with Gasteiger partial charge >= 0.3 is 0 Å². The molecule has 3 aromatic heterocycles. The van der Waals surface area contributed by atoms with E-state index in [1.54, 1.807) is 0 Å². The molecule has 0 aliphatic carbocycles. The lowest BCUT2D eigenvalue weighted by molar-refractivity contribution is 0.619. The fraction of sp³-hybridized carbons (Fsp3) is 0. The summed E-state index contributed by atoms with van der Waals surface area (Å²) in [5.74, 6) is 0.583. The number of hydrogen-bond donors (Lipinski definition) is 0. The lowest BCUT2D eigenvalue weighted by atomic mass is 10.0. The number of oxazole rings is 1. The molecule has 3 heterocycles. The van der Waals surface area contributed by atoms with Crippen LogP contribution in [0.5, 0.6) is 0 Å². The maximum absolute atomic E-state index is 6.47. The van der Waals surface area contributed by atoms with Gasteiger partial charge in [0.1, 0.15) is 27.8 Å². The van der Waals surface area contributed by atoms with Crippen LogP contribution in [0.1, 0.15) is 0 Å². The highest BCUT2D eigenvalue weighted by Gasteiger charge is 2.20. The van der Waals surface area contributed by atoms with Crippen LogP contribution in [0.2, 0.25) is 0 Å². The molecule has 11 aromatic rings. The number of benzene rings is 8. The van der Waals surface area contributed by atoms with Gasteiger partial charge in [-0.1, -0.05) is 109 Å². The first kappa shape index (κ1) is 30.3. The highest BCUT2D eigenvalue weighted by Crippen LogP contribution is 2.43. The molecular weight excluding hydrogens is 665 g/mol. The average molecular weight is 695 g/mol. The summed E-state index contributed by atoms with van der Waals surface area (Å²) in [6.45, 7) is 0. The molecule has 254 valence electrons. The van der Waals surface area contributed by atoms with E-state index < -0.39 is 0 Å². The summed E-state index contributed by atoms with van der Waals surface area (Å²) in [6.07, 6.45) is 0. The first-order valence-electron chi connectivity index (χ1n) is 18.0. The van der Waals surface area contributed by atoms with Crippen molar-refractivity contribution in [1.82, 2.24) is 4.98 Å². The Morgan fingerprint density at radius 2 is 1.00 bits per heavy atom. The topological polar surface area (TPSA) is 55.6 Å². The molecule has 0 radical (unpaired) electrons. The van der Waals surface area contributed by atoms with Gasteiger partial charge in [-0.3, -0.25) is 0 Å². The van der Waals surface area contributed by atoms with Crippen molar-refractivity contribution < 1.29 is 13.3 Å². The maximum Gasteiger partial charge on any atom is 0.227 e. The molecule has 8 aromatic carbocycles. The van der Waals surface area contributed by atoms with E-state index in [0.717, 1.165) is 94.3 Å². The van der Waals surface area contributed by atoms with E-state index in [1.807, 2.05) is 60.7 Å². The summed E-state index contributed by atoms with van der Waals surface area (Å²) < 4.78 is 19.2. The number of furan rings is 2. The molecule has 0 aliphatic heterocycles. The molecule has 0 saturated heterocycles. The van der Waals surface area contributed by atoms with Crippen molar-refractivity contribution in [2.75, 3.05) is 4.90 Å². The third kappa shape index (κ3) is 4.90. The van der Waals surface area contributed by atoms with Crippen LogP contribution in [0.3, 0.4) is 0 Å². The lowest BCUT2D eigenvalue weighted by Crippen LogP contribution is -2.10. The van der Waals surface area contributed by atoms with Crippen LogP contribution in [0.15, 0.2) is 195 Å². The minimum absolute atomic E-state index is 0.583. The molecule has 5 heteroatoms. The molecule has 0 amide bonds. The van der Waals surface area contributed by atoms with Gasteiger partial charge in [-0.05, 0) is 89.5 Å². The molecule has 0 fully saturated rings. The molecule has 5 nitrogen and oxygen atoms in total. The minimum atomic E-state index is 0.583. The van der Waals surface area contributed by atoms with Crippen molar-refractivity contribution in [2.45, 2.75) is 0 Å². The Bertz CT molecular complexity index is 3160. The monoisotopic (exact) mass is 694 g/mol. The Morgan fingerprint density at radius 1 is 0.370 bits per heavy atom. The van der Waals surface area contributed by atoms with Gasteiger partial charge in [0.05, 0.1) is 5.39 Å². The molecule has 11 rings (SSSR count). The van der Waals surface area contributed by atoms with Crippen molar-refractivity contribution in [2.24, 2.45) is 0 Å². The van der Waals surface area contributed by atoms with Gasteiger partial charge in [0.15, 0.2) is 5.58 Å². The summed E-state index contributed by atoms with van der Waals surface area (Å²) in [6, 6.07) is 62.8. The van der Waals surface area contributed by atoms with Crippen LogP contribution in [0.4, 0.5) is 17.1 Å². The third-order valence-corrected chi connectivity index (χ3v) is 10.3. The van der Waals surface area contributed by atoms with E-state index in [0.29, 0.717) is 5.89 Å². The van der Waals surface area contributed by atoms with Gasteiger partial charge in [-0.25, -0.2) is 4.98 Å². The van der Waals surface area contributed by atoms with Gasteiger partial charge in [-0.15, -0.1) is 0 Å². The van der Waals surface area contributed by atoms with E-state index in [4.69, 9.17) is 18.2 Å². The van der Waals surface area contributed by atoms with Crippen LogP contribution < -0.4 is 4.90 Å². The molecule has 0 N–H and O–H groups in total. The molecule has 0 unspecified atom stereocenters. The molecule has 0 saturated carbocycles. The normalized spacial score (nSPS) is 11.7. The van der Waals surface area contributed by atoms with E-state index in [9.17, 15) is 0 Å². The zero-order valence-electron chi connectivity index (χ0n) is 28.9. The SMILES string of the molecule is c1ccc(-c2ccc(N(c3cccc(-c4cccc5c4oc4ccccc45)c3)c3ccc4oc5ccc6oc(-c7ccccc7)nc6c5c4c3)cc2)cc1. The summed E-state index contributed by atoms with van der Waals surface area (Å²) in [5.41, 5.74) is 13.2. The number of anilines is 3. The van der Waals surface area contributed by atoms with Gasteiger partial charge in [0, 0.05) is 44.3 Å². The number of para-hydroxylation sites is 2. The van der Waals surface area contributed by atoms with Crippen LogP contribution in [0.25, 0.3) is 88.7 Å². The predicted octanol–water partition coefficient (Wildman–Crippen LogP) is 14.1. The van der Waals surface area contributed by atoms with E-state index in [-0.39, 0.29) is 0 Å². The van der Waals surface area contributed by atoms with Crippen molar-refractivity contribution in [1.29, 1.82) is 0 Å². The Hall–Kier alpha value is -7.37. The Labute approximate surface area is 309 Å². The minimum Gasteiger partial charge on any atom is -0.456 e. The Balaban J connectivity index is 1.10. The van der Waals surface area contributed by atoms with Crippen molar-refractivity contribution in [3.63, 3.8) is 0 Å². The fourth-order valence-corrected chi connectivity index (χ4v) is 7.75. The second-order valence-electron chi connectivity index (χ2n) is 13.5. The van der Waals surface area contributed by atoms with E-state index in [2.05, 4.69) is 126 Å². The van der Waals surface area contributed by atoms with Crippen LogP contribution >= 0.6 is 0 Å². The second kappa shape index (κ2) is 12.1. The van der Waals surface area contributed by atoms with Crippen LogP contribution in [-0.2, 0) is 0 Å². The van der Waals surface area contributed by atoms with Crippen molar-refractivity contribution in [3.8, 4) is 33.7 Å². The summed E-state index contributed by atoms with van der Waals surface area (Å²) in [7, 11) is 0. The molecule has 0 spiro atoms. The molecule has 0 atom stereocenters. The van der Waals surface area contributed by atoms with Crippen LogP contribution in [-0.4, -0.2) is 4.98 Å². The molecule has 54 heavy (non-hydrogen) atoms. The number of hydrogen-bond acceptors (Lipinski definition) is 5. The molecule has 0 aliphatic rings. The quantitative estimate of drug-likeness (QED) is 0.173. The predicted molar refractivity (Wildman–Crippen MR) is 220 cm³/mol. The third-order valence-electron chi connectivity index (χ3n) is 10.3. The van der Waals surface area contributed by atoms with E-state index in [1.165, 1.54) is 5.56 Å². The highest BCUT2D eigenvalue weighted by molar-refractivity contribution is 6.17. The average Bonchev–Trinajstić information content (AvgIpc) is 3.95. The Kier molecular flexibility index (Phi) is 6.79. The highest BCUT2D eigenvalue weighted by atomic mass is 16.4. The summed E-state index contributed by atoms with van der Waals surface area (Å²) in [5, 5.41) is 4.12. The lowest BCUT2D eigenvalue weighted by Gasteiger charge is -2.26. The second-order valence-corrected chi connectivity index (χ2v) is 13.5. The van der Waals surface area contributed by atoms with Gasteiger partial charge in [0.2, 0.25) is 5.89 Å². The standard InChI is InChI=1S/C49H30N2O3/c1-3-11-31(12-4-1)32-21-23-35(24-22-32)51(36-16-9-15-34(29-36)38-18-10-19-40-39-17-7-8-20-42(39)53-48(38)40)37-25-26-43-41(30-37)46-44(52-43)27-28-45-47(46)50-49(54-45)33-13-5-2-6-14-33/h1-30H. The van der Waals surface area contributed by atoms with Gasteiger partial charge in [-0.2, -0.15) is 0 Å². The number of nitrogens with zero attached hydrogens (tertiary/aromatic N) is 2. The molecular formula is C49H30N2O3. The van der Waals surface area contributed by atoms with Gasteiger partial charge in [0.25, 0.3) is 0 Å². The number of fused-ring (bicyclic) bond motifs is 8. The summed E-state index contributed by atoms with van der Waals surface area (Å²) in [4.78, 5) is 7.30. The summed E-state index contributed by atoms with van der Waals surface area (Å²) >= 11 is 0. The number of rotatable bonds is 6. The van der Waals surface area contributed by atoms with Crippen molar-refractivity contribution in [3.05, 3.63) is 182 Å². The van der Waals surface area contributed by atoms with Crippen LogP contribution in [0, 0.1) is 0 Å². The first-order chi connectivity index (χ1) is 26.7.